The first-order valence-electron chi connectivity index (χ1n) is 8.14. The number of benzene rings is 2. The van der Waals surface area contributed by atoms with Crippen LogP contribution in [0.4, 0.5) is 5.13 Å². The van der Waals surface area contributed by atoms with Crippen LogP contribution >= 0.6 is 45.5 Å². The highest BCUT2D eigenvalue weighted by molar-refractivity contribution is 14.1. The van der Waals surface area contributed by atoms with Crippen molar-refractivity contribution in [2.75, 3.05) is 4.90 Å². The maximum atomic E-state index is 13.3. The van der Waals surface area contributed by atoms with Crippen molar-refractivity contribution in [3.05, 3.63) is 86.7 Å². The summed E-state index contributed by atoms with van der Waals surface area (Å²) in [6, 6.07) is 18.8. The number of halogens is 2. The number of thiazole rings is 1. The van der Waals surface area contributed by atoms with Crippen LogP contribution in [-0.4, -0.2) is 15.9 Å². The van der Waals surface area contributed by atoms with Gasteiger partial charge in [-0.1, -0.05) is 41.1 Å². The average Bonchev–Trinajstić information content (AvgIpc) is 3.09. The topological polar surface area (TPSA) is 46.1 Å². The fourth-order valence-electron chi connectivity index (χ4n) is 2.66. The second-order valence-corrected chi connectivity index (χ2v) is 8.41. The molecule has 4 nitrogen and oxygen atoms in total. The molecular weight excluding hydrogens is 493 g/mol. The van der Waals surface area contributed by atoms with Crippen molar-refractivity contribution >= 4 is 66.8 Å². The Hall–Kier alpha value is -2.03. The number of aromatic nitrogens is 2. The minimum absolute atomic E-state index is 0.101. The van der Waals surface area contributed by atoms with Gasteiger partial charge in [0.15, 0.2) is 5.13 Å². The highest BCUT2D eigenvalue weighted by Gasteiger charge is 2.23. The molecule has 0 aliphatic heterocycles. The highest BCUT2D eigenvalue weighted by Crippen LogP contribution is 2.32. The maximum Gasteiger partial charge on any atom is 0.261 e. The van der Waals surface area contributed by atoms with Gasteiger partial charge in [-0.15, -0.1) is 0 Å². The van der Waals surface area contributed by atoms with Crippen LogP contribution in [-0.2, 0) is 6.54 Å². The molecule has 0 bridgehead atoms. The molecule has 4 aromatic rings. The number of carbonyl (C=O) groups is 1. The summed E-state index contributed by atoms with van der Waals surface area (Å²) in [5, 5.41) is 1.28. The Labute approximate surface area is 179 Å². The lowest BCUT2D eigenvalue weighted by molar-refractivity contribution is 0.0984. The summed E-state index contributed by atoms with van der Waals surface area (Å²) in [7, 11) is 0. The van der Waals surface area contributed by atoms with Gasteiger partial charge >= 0.3 is 0 Å². The van der Waals surface area contributed by atoms with Crippen LogP contribution < -0.4 is 4.90 Å². The Morgan fingerprint density at radius 2 is 1.93 bits per heavy atom. The van der Waals surface area contributed by atoms with Crippen LogP contribution in [0.1, 0.15) is 16.1 Å². The van der Waals surface area contributed by atoms with Gasteiger partial charge in [-0.05, 0) is 65.1 Å². The predicted molar refractivity (Wildman–Crippen MR) is 119 cm³/mol. The third-order valence-electron chi connectivity index (χ3n) is 3.97. The Balaban J connectivity index is 1.79. The summed E-state index contributed by atoms with van der Waals surface area (Å²) >= 11 is 9.73. The minimum atomic E-state index is -0.101. The molecule has 7 heteroatoms. The van der Waals surface area contributed by atoms with E-state index >= 15 is 0 Å². The summed E-state index contributed by atoms with van der Waals surface area (Å²) in [6.45, 7) is 0.345. The predicted octanol–water partition coefficient (Wildman–Crippen LogP) is 5.80. The highest BCUT2D eigenvalue weighted by atomic mass is 127. The molecule has 134 valence electrons. The summed E-state index contributed by atoms with van der Waals surface area (Å²) < 4.78 is 1.84. The number of carbonyl (C=O) groups excluding carboxylic acids is 1. The zero-order valence-electron chi connectivity index (χ0n) is 14.0. The van der Waals surface area contributed by atoms with Crippen molar-refractivity contribution in [2.24, 2.45) is 0 Å². The normalized spacial score (nSPS) is 10.9. The average molecular weight is 506 g/mol. The molecule has 1 amide bonds. The molecule has 0 aliphatic carbocycles. The maximum absolute atomic E-state index is 13.3. The van der Waals surface area contributed by atoms with E-state index in [1.54, 1.807) is 17.2 Å². The summed E-state index contributed by atoms with van der Waals surface area (Å²) in [5.74, 6) is -0.101. The molecule has 4 rings (SSSR count). The van der Waals surface area contributed by atoms with E-state index in [4.69, 9.17) is 11.6 Å². The molecule has 0 spiro atoms. The molecule has 0 aliphatic rings. The molecular formula is C20H13ClIN3OS. The second kappa shape index (κ2) is 7.92. The zero-order valence-corrected chi connectivity index (χ0v) is 17.7. The molecule has 0 atom stereocenters. The van der Waals surface area contributed by atoms with E-state index in [2.05, 4.69) is 32.6 Å². The van der Waals surface area contributed by atoms with Crippen molar-refractivity contribution in [3.8, 4) is 0 Å². The van der Waals surface area contributed by atoms with E-state index in [-0.39, 0.29) is 5.91 Å². The monoisotopic (exact) mass is 505 g/mol. The van der Waals surface area contributed by atoms with Gasteiger partial charge in [0.1, 0.15) is 0 Å². The van der Waals surface area contributed by atoms with Crippen LogP contribution in [0.15, 0.2) is 66.9 Å². The number of rotatable bonds is 4. The van der Waals surface area contributed by atoms with Gasteiger partial charge < -0.3 is 0 Å². The molecule has 0 radical (unpaired) electrons. The van der Waals surface area contributed by atoms with Crippen molar-refractivity contribution in [3.63, 3.8) is 0 Å². The molecule has 2 heterocycles. The number of fused-ring (bicyclic) bond motifs is 1. The molecule has 0 fully saturated rings. The lowest BCUT2D eigenvalue weighted by atomic mass is 10.2. The lowest BCUT2D eigenvalue weighted by Crippen LogP contribution is -2.31. The van der Waals surface area contributed by atoms with Crippen LogP contribution in [0.5, 0.6) is 0 Å². The van der Waals surface area contributed by atoms with E-state index in [1.165, 1.54) is 11.3 Å². The number of anilines is 1. The fraction of sp³-hybridized carbons (Fsp3) is 0.0500. The third kappa shape index (κ3) is 3.97. The Morgan fingerprint density at radius 1 is 1.11 bits per heavy atom. The van der Waals surface area contributed by atoms with Crippen molar-refractivity contribution in [1.82, 2.24) is 9.97 Å². The van der Waals surface area contributed by atoms with E-state index < -0.39 is 0 Å². The van der Waals surface area contributed by atoms with Gasteiger partial charge in [-0.25, -0.2) is 4.98 Å². The van der Waals surface area contributed by atoms with Gasteiger partial charge in [0.05, 0.1) is 28.0 Å². The van der Waals surface area contributed by atoms with Crippen LogP contribution in [0.25, 0.3) is 10.2 Å². The van der Waals surface area contributed by atoms with E-state index in [9.17, 15) is 4.79 Å². The molecule has 27 heavy (non-hydrogen) atoms. The molecule has 2 aromatic carbocycles. The standard InChI is InChI=1S/C20H13ClIN3OS/c21-13-8-9-17-18(11-13)27-20(24-17)25(12-14-5-3-4-10-23-14)19(26)15-6-1-2-7-16(15)22/h1-11H,12H2. The zero-order chi connectivity index (χ0) is 18.8. The number of hydrogen-bond donors (Lipinski definition) is 0. The number of hydrogen-bond acceptors (Lipinski definition) is 4. The van der Waals surface area contributed by atoms with Gasteiger partial charge in [0.25, 0.3) is 5.91 Å². The fourth-order valence-corrected chi connectivity index (χ4v) is 4.52. The second-order valence-electron chi connectivity index (χ2n) is 5.80. The van der Waals surface area contributed by atoms with Gasteiger partial charge in [-0.2, -0.15) is 0 Å². The minimum Gasteiger partial charge on any atom is -0.278 e. The first kappa shape index (κ1) is 18.3. The SMILES string of the molecule is O=C(c1ccccc1I)N(Cc1ccccn1)c1nc2ccc(Cl)cc2s1. The number of nitrogens with zero attached hydrogens (tertiary/aromatic N) is 3. The van der Waals surface area contributed by atoms with Crippen LogP contribution in [0.2, 0.25) is 5.02 Å². The van der Waals surface area contributed by atoms with E-state index in [0.29, 0.717) is 22.3 Å². The first-order chi connectivity index (χ1) is 13.1. The van der Waals surface area contributed by atoms with Crippen molar-refractivity contribution < 1.29 is 4.79 Å². The van der Waals surface area contributed by atoms with Gasteiger partial charge in [0, 0.05) is 14.8 Å². The van der Waals surface area contributed by atoms with Crippen molar-refractivity contribution in [1.29, 1.82) is 0 Å². The largest absolute Gasteiger partial charge is 0.278 e. The van der Waals surface area contributed by atoms with Gasteiger partial charge in [0.2, 0.25) is 0 Å². The molecule has 0 N–H and O–H groups in total. The Morgan fingerprint density at radius 3 is 2.70 bits per heavy atom. The van der Waals surface area contributed by atoms with Gasteiger partial charge in [-0.3, -0.25) is 14.7 Å². The smallest absolute Gasteiger partial charge is 0.261 e. The van der Waals surface area contributed by atoms with E-state index in [0.717, 1.165) is 19.5 Å². The molecule has 2 aromatic heterocycles. The summed E-state index contributed by atoms with van der Waals surface area (Å²) in [6.07, 6.45) is 1.72. The summed E-state index contributed by atoms with van der Waals surface area (Å²) in [4.78, 5) is 24.1. The number of pyridine rings is 1. The molecule has 0 saturated heterocycles. The lowest BCUT2D eigenvalue weighted by Gasteiger charge is -2.20. The third-order valence-corrected chi connectivity index (χ3v) is 6.18. The van der Waals surface area contributed by atoms with E-state index in [1.807, 2.05) is 54.6 Å². The Kier molecular flexibility index (Phi) is 5.38. The van der Waals surface area contributed by atoms with Crippen LogP contribution in [0.3, 0.4) is 0 Å². The first-order valence-corrected chi connectivity index (χ1v) is 10.4. The van der Waals surface area contributed by atoms with Crippen molar-refractivity contribution in [2.45, 2.75) is 6.54 Å². The molecule has 0 saturated carbocycles. The number of amides is 1. The molecule has 0 unspecified atom stereocenters. The summed E-state index contributed by atoms with van der Waals surface area (Å²) in [5.41, 5.74) is 2.27. The Bertz CT molecular complexity index is 1120. The quantitative estimate of drug-likeness (QED) is 0.330. The van der Waals surface area contributed by atoms with Crippen LogP contribution in [0, 0.1) is 3.57 Å².